The van der Waals surface area contributed by atoms with E-state index < -0.39 is 0 Å². The quantitative estimate of drug-likeness (QED) is 0.505. The molecule has 0 aromatic heterocycles. The summed E-state index contributed by atoms with van der Waals surface area (Å²) in [5.41, 5.74) is 5.49. The van der Waals surface area contributed by atoms with Crippen LogP contribution in [0.2, 0.25) is 0 Å². The summed E-state index contributed by atoms with van der Waals surface area (Å²) >= 11 is 1.34. The Morgan fingerprint density at radius 2 is 1.71 bits per heavy atom. The number of carbonyl (C=O) groups is 2. The van der Waals surface area contributed by atoms with Gasteiger partial charge in [-0.15, -0.1) is 11.8 Å². The molecule has 1 N–H and O–H groups in total. The van der Waals surface area contributed by atoms with Crippen molar-refractivity contribution in [2.24, 2.45) is 0 Å². The molecule has 1 aliphatic heterocycles. The molecule has 0 atom stereocenters. The molecule has 178 valence electrons. The summed E-state index contributed by atoms with van der Waals surface area (Å²) in [6.45, 7) is 7.15. The number of carbonyl (C=O) groups excluding carboxylic acids is 2. The van der Waals surface area contributed by atoms with Crippen molar-refractivity contribution in [3.8, 4) is 6.07 Å². The second-order valence-corrected chi connectivity index (χ2v) is 9.54. The summed E-state index contributed by atoms with van der Waals surface area (Å²) in [5, 5.41) is 11.8. The van der Waals surface area contributed by atoms with Gasteiger partial charge in [-0.2, -0.15) is 5.26 Å². The Labute approximate surface area is 210 Å². The van der Waals surface area contributed by atoms with Crippen LogP contribution in [0.15, 0.2) is 71.6 Å². The van der Waals surface area contributed by atoms with Crippen molar-refractivity contribution < 1.29 is 9.59 Å². The van der Waals surface area contributed by atoms with Crippen LogP contribution in [-0.4, -0.2) is 48.6 Å². The van der Waals surface area contributed by atoms with Crippen molar-refractivity contribution in [2.45, 2.75) is 18.7 Å². The highest BCUT2D eigenvalue weighted by molar-refractivity contribution is 8.00. The number of nitrogens with one attached hydrogen (secondary N) is 1. The van der Waals surface area contributed by atoms with Gasteiger partial charge in [-0.1, -0.05) is 30.3 Å². The maximum absolute atomic E-state index is 13.4. The van der Waals surface area contributed by atoms with Gasteiger partial charge in [0.05, 0.1) is 22.9 Å². The topological polar surface area (TPSA) is 76.4 Å². The minimum Gasteiger partial charge on any atom is -0.368 e. The molecule has 1 fully saturated rings. The summed E-state index contributed by atoms with van der Waals surface area (Å²) in [6, 6.07) is 22.7. The fourth-order valence-electron chi connectivity index (χ4n) is 4.18. The van der Waals surface area contributed by atoms with E-state index in [0.717, 1.165) is 18.0 Å². The zero-order chi connectivity index (χ0) is 24.8. The highest BCUT2D eigenvalue weighted by Gasteiger charge is 2.25. The predicted molar refractivity (Wildman–Crippen MR) is 141 cm³/mol. The summed E-state index contributed by atoms with van der Waals surface area (Å²) in [6.07, 6.45) is 0. The van der Waals surface area contributed by atoms with Crippen LogP contribution >= 0.6 is 11.8 Å². The van der Waals surface area contributed by atoms with Gasteiger partial charge in [0.25, 0.3) is 5.91 Å². The zero-order valence-corrected chi connectivity index (χ0v) is 20.8. The average molecular weight is 485 g/mol. The van der Waals surface area contributed by atoms with Crippen LogP contribution in [0.4, 0.5) is 11.4 Å². The van der Waals surface area contributed by atoms with E-state index in [-0.39, 0.29) is 17.6 Å². The van der Waals surface area contributed by atoms with Gasteiger partial charge >= 0.3 is 0 Å². The first kappa shape index (κ1) is 24.4. The Balaban J connectivity index is 1.37. The second kappa shape index (κ2) is 11.1. The van der Waals surface area contributed by atoms with Gasteiger partial charge in [0.2, 0.25) is 5.91 Å². The van der Waals surface area contributed by atoms with E-state index in [1.54, 1.807) is 24.3 Å². The third-order valence-corrected chi connectivity index (χ3v) is 7.31. The van der Waals surface area contributed by atoms with E-state index in [4.69, 9.17) is 5.26 Å². The molecular weight excluding hydrogens is 456 g/mol. The highest BCUT2D eigenvalue weighted by atomic mass is 32.2. The first-order valence-electron chi connectivity index (χ1n) is 11.6. The number of rotatable bonds is 6. The number of nitriles is 1. The number of piperazine rings is 1. The lowest BCUT2D eigenvalue weighted by Gasteiger charge is -2.37. The van der Waals surface area contributed by atoms with Gasteiger partial charge in [-0.3, -0.25) is 9.59 Å². The van der Waals surface area contributed by atoms with E-state index >= 15 is 0 Å². The Kier molecular flexibility index (Phi) is 7.74. The molecule has 1 aliphatic rings. The molecule has 3 aromatic carbocycles. The zero-order valence-electron chi connectivity index (χ0n) is 20.0. The van der Waals surface area contributed by atoms with E-state index in [0.29, 0.717) is 29.9 Å². The van der Waals surface area contributed by atoms with Crippen molar-refractivity contribution in [3.05, 3.63) is 89.0 Å². The monoisotopic (exact) mass is 484 g/mol. The number of hydrogen-bond donors (Lipinski definition) is 1. The van der Waals surface area contributed by atoms with Gasteiger partial charge in [0.1, 0.15) is 0 Å². The predicted octanol–water partition coefficient (Wildman–Crippen LogP) is 4.87. The fraction of sp³-hybridized carbons (Fsp3) is 0.250. The number of benzene rings is 3. The number of hydrogen-bond acceptors (Lipinski definition) is 5. The van der Waals surface area contributed by atoms with Crippen LogP contribution in [0.1, 0.15) is 27.0 Å². The minimum atomic E-state index is -0.186. The van der Waals surface area contributed by atoms with Crippen LogP contribution in [0, 0.1) is 25.2 Å². The molecule has 7 heteroatoms. The van der Waals surface area contributed by atoms with Gasteiger partial charge in [-0.05, 0) is 61.4 Å². The molecule has 0 radical (unpaired) electrons. The Hall–Kier alpha value is -3.76. The Morgan fingerprint density at radius 1 is 0.971 bits per heavy atom. The van der Waals surface area contributed by atoms with Gasteiger partial charge in [0.15, 0.2) is 0 Å². The molecule has 0 spiro atoms. The largest absolute Gasteiger partial charge is 0.368 e. The van der Waals surface area contributed by atoms with Gasteiger partial charge in [-0.25, -0.2) is 0 Å². The lowest BCUT2D eigenvalue weighted by Crippen LogP contribution is -2.49. The maximum atomic E-state index is 13.4. The smallest absolute Gasteiger partial charge is 0.255 e. The molecular formula is C28H28N4O2S. The van der Waals surface area contributed by atoms with Crippen molar-refractivity contribution in [1.82, 2.24) is 4.90 Å². The third-order valence-electron chi connectivity index (χ3n) is 6.24. The number of thioether (sulfide) groups is 1. The summed E-state index contributed by atoms with van der Waals surface area (Å²) < 4.78 is 0. The Morgan fingerprint density at radius 3 is 2.49 bits per heavy atom. The summed E-state index contributed by atoms with van der Waals surface area (Å²) in [7, 11) is 0. The van der Waals surface area contributed by atoms with E-state index in [9.17, 15) is 9.59 Å². The summed E-state index contributed by atoms with van der Waals surface area (Å²) in [4.78, 5) is 30.9. The molecule has 1 heterocycles. The fourth-order valence-corrected chi connectivity index (χ4v) is 5.02. The molecule has 35 heavy (non-hydrogen) atoms. The number of aryl methyl sites for hydroxylation is 1. The third kappa shape index (κ3) is 5.84. The van der Waals surface area contributed by atoms with Crippen molar-refractivity contribution in [1.29, 1.82) is 5.26 Å². The molecule has 4 rings (SSSR count). The van der Waals surface area contributed by atoms with E-state index in [2.05, 4.69) is 48.3 Å². The van der Waals surface area contributed by atoms with Crippen molar-refractivity contribution >= 4 is 35.0 Å². The molecule has 0 bridgehead atoms. The number of nitrogens with zero attached hydrogens (tertiary/aromatic N) is 3. The molecule has 0 aliphatic carbocycles. The van der Waals surface area contributed by atoms with Crippen molar-refractivity contribution in [2.75, 3.05) is 42.1 Å². The van der Waals surface area contributed by atoms with E-state index in [1.807, 2.05) is 29.2 Å². The van der Waals surface area contributed by atoms with Crippen LogP contribution in [0.3, 0.4) is 0 Å². The second-order valence-electron chi connectivity index (χ2n) is 8.52. The highest BCUT2D eigenvalue weighted by Crippen LogP contribution is 2.27. The standard InChI is InChI=1S/C28H28N4O2S/c1-20-7-5-11-25(21(20)2)31-13-15-32(16-14-31)28(34)24-10-3-4-12-26(24)35-19-27(33)30-23-9-6-8-22(17-23)18-29/h3-12,17H,13-16,19H2,1-2H3,(H,30,33). The van der Waals surface area contributed by atoms with Crippen LogP contribution < -0.4 is 10.2 Å². The molecule has 2 amide bonds. The van der Waals surface area contributed by atoms with Crippen LogP contribution in [0.5, 0.6) is 0 Å². The SMILES string of the molecule is Cc1cccc(N2CCN(C(=O)c3ccccc3SCC(=O)Nc3cccc(C#N)c3)CC2)c1C. The van der Waals surface area contributed by atoms with Gasteiger partial charge < -0.3 is 15.1 Å². The van der Waals surface area contributed by atoms with Gasteiger partial charge in [0, 0.05) is 42.4 Å². The molecule has 0 unspecified atom stereocenters. The lowest BCUT2D eigenvalue weighted by molar-refractivity contribution is -0.113. The molecule has 6 nitrogen and oxygen atoms in total. The first-order valence-corrected chi connectivity index (χ1v) is 12.6. The molecule has 3 aromatic rings. The van der Waals surface area contributed by atoms with Crippen molar-refractivity contribution in [3.63, 3.8) is 0 Å². The molecule has 1 saturated heterocycles. The minimum absolute atomic E-state index is 0.00385. The Bertz CT molecular complexity index is 1280. The van der Waals surface area contributed by atoms with Crippen LogP contribution in [-0.2, 0) is 4.79 Å². The number of anilines is 2. The average Bonchev–Trinajstić information content (AvgIpc) is 2.89. The number of amides is 2. The van der Waals surface area contributed by atoms with Crippen LogP contribution in [0.25, 0.3) is 0 Å². The van der Waals surface area contributed by atoms with E-state index in [1.165, 1.54) is 28.6 Å². The maximum Gasteiger partial charge on any atom is 0.255 e. The normalized spacial score (nSPS) is 13.3. The summed E-state index contributed by atoms with van der Waals surface area (Å²) in [5.74, 6) is -0.0214. The first-order chi connectivity index (χ1) is 17.0. The molecule has 0 saturated carbocycles. The lowest BCUT2D eigenvalue weighted by atomic mass is 10.1.